The predicted molar refractivity (Wildman–Crippen MR) is 145 cm³/mol. The minimum absolute atomic E-state index is 0. The van der Waals surface area contributed by atoms with Crippen LogP contribution in [0.4, 0.5) is 5.69 Å². The van der Waals surface area contributed by atoms with Gasteiger partial charge in [-0.15, -0.1) is 24.0 Å². The largest absolute Gasteiger partial charge is 0.495 e. The van der Waals surface area contributed by atoms with Gasteiger partial charge in [0, 0.05) is 45.7 Å². The fourth-order valence-corrected chi connectivity index (χ4v) is 4.13. The lowest BCUT2D eigenvalue weighted by atomic mass is 9.97. The topological polar surface area (TPSA) is 78.0 Å². The van der Waals surface area contributed by atoms with E-state index in [-0.39, 0.29) is 29.9 Å². The number of ether oxygens (including phenoxy) is 1. The summed E-state index contributed by atoms with van der Waals surface area (Å²) in [5.74, 6) is 1.30. The zero-order valence-corrected chi connectivity index (χ0v) is 22.3. The molecule has 0 bridgehead atoms. The summed E-state index contributed by atoms with van der Waals surface area (Å²) in [5.41, 5.74) is 3.06. The van der Waals surface area contributed by atoms with Crippen LogP contribution >= 0.6 is 24.0 Å². The molecular weight excluding hydrogens is 529 g/mol. The molecule has 8 heteroatoms. The van der Waals surface area contributed by atoms with E-state index < -0.39 is 0 Å². The molecule has 180 valence electrons. The number of rotatable bonds is 7. The first-order valence-corrected chi connectivity index (χ1v) is 11.2. The number of hydrogen-bond donors (Lipinski definition) is 3. The average Bonchev–Trinajstić information content (AvgIpc) is 2.79. The van der Waals surface area contributed by atoms with Gasteiger partial charge in [-0.25, -0.2) is 0 Å². The third-order valence-corrected chi connectivity index (χ3v) is 5.84. The van der Waals surface area contributed by atoms with Gasteiger partial charge in [0.15, 0.2) is 5.96 Å². The lowest BCUT2D eigenvalue weighted by molar-refractivity contribution is -0.114. The highest BCUT2D eigenvalue weighted by molar-refractivity contribution is 14.0. The second kappa shape index (κ2) is 13.4. The van der Waals surface area contributed by atoms with Crippen molar-refractivity contribution in [1.29, 1.82) is 0 Å². The van der Waals surface area contributed by atoms with E-state index in [1.54, 1.807) is 14.2 Å². The Morgan fingerprint density at radius 3 is 2.58 bits per heavy atom. The Balaban J connectivity index is 0.00000385. The summed E-state index contributed by atoms with van der Waals surface area (Å²) >= 11 is 0. The van der Waals surface area contributed by atoms with Gasteiger partial charge in [0.1, 0.15) is 5.75 Å². The molecule has 2 aromatic carbocycles. The van der Waals surface area contributed by atoms with Crippen LogP contribution in [0, 0.1) is 0 Å². The molecule has 0 aromatic heterocycles. The highest BCUT2D eigenvalue weighted by atomic mass is 127. The van der Waals surface area contributed by atoms with Crippen molar-refractivity contribution in [3.8, 4) is 5.75 Å². The summed E-state index contributed by atoms with van der Waals surface area (Å²) in [6, 6.07) is 17.3. The maximum Gasteiger partial charge on any atom is 0.221 e. The number of likely N-dealkylation sites (tertiary alicyclic amines) is 1. The fraction of sp³-hybridized carbons (Fsp3) is 0.440. The number of nitrogens with zero attached hydrogens (tertiary/aromatic N) is 2. The van der Waals surface area contributed by atoms with Gasteiger partial charge in [0.2, 0.25) is 5.91 Å². The van der Waals surface area contributed by atoms with Crippen LogP contribution in [0.2, 0.25) is 0 Å². The molecule has 2 aromatic rings. The van der Waals surface area contributed by atoms with Gasteiger partial charge in [0.25, 0.3) is 0 Å². The van der Waals surface area contributed by atoms with Crippen molar-refractivity contribution in [2.45, 2.75) is 51.9 Å². The number of methoxy groups -OCH3 is 1. The van der Waals surface area contributed by atoms with Crippen LogP contribution in [0.5, 0.6) is 5.75 Å². The monoisotopic (exact) mass is 565 g/mol. The molecule has 2 unspecified atom stereocenters. The Morgan fingerprint density at radius 2 is 1.94 bits per heavy atom. The van der Waals surface area contributed by atoms with E-state index in [9.17, 15) is 4.79 Å². The van der Waals surface area contributed by atoms with Crippen molar-refractivity contribution in [2.75, 3.05) is 26.0 Å². The van der Waals surface area contributed by atoms with Crippen molar-refractivity contribution in [3.05, 3.63) is 59.7 Å². The van der Waals surface area contributed by atoms with Crippen LogP contribution in [0.25, 0.3) is 0 Å². The smallest absolute Gasteiger partial charge is 0.221 e. The maximum atomic E-state index is 11.5. The number of guanidine groups is 1. The van der Waals surface area contributed by atoms with E-state index in [1.807, 2.05) is 18.2 Å². The molecule has 2 atom stereocenters. The van der Waals surface area contributed by atoms with Crippen LogP contribution in [0.15, 0.2) is 53.5 Å². The molecule has 0 spiro atoms. The van der Waals surface area contributed by atoms with E-state index >= 15 is 0 Å². The molecule has 7 nitrogen and oxygen atoms in total. The third-order valence-electron chi connectivity index (χ3n) is 5.84. The summed E-state index contributed by atoms with van der Waals surface area (Å²) < 4.78 is 5.33. The Morgan fingerprint density at radius 1 is 1.18 bits per heavy atom. The molecule has 3 rings (SSSR count). The molecule has 3 N–H and O–H groups in total. The van der Waals surface area contributed by atoms with Crippen molar-refractivity contribution in [1.82, 2.24) is 15.5 Å². The molecule has 1 amide bonds. The fourth-order valence-electron chi connectivity index (χ4n) is 4.13. The molecule has 0 saturated carbocycles. The SMILES string of the molecule is CN=C(NCc1ccc(OC)c(NC(C)=O)c1)NC1CCN(Cc2ccccc2)C(C)C1.I. The van der Waals surface area contributed by atoms with Gasteiger partial charge in [-0.05, 0) is 43.0 Å². The Hall–Kier alpha value is -2.33. The maximum absolute atomic E-state index is 11.5. The molecule has 33 heavy (non-hydrogen) atoms. The van der Waals surface area contributed by atoms with Crippen LogP contribution in [0.3, 0.4) is 0 Å². The number of amides is 1. The molecule has 1 aliphatic rings. The van der Waals surface area contributed by atoms with Gasteiger partial charge >= 0.3 is 0 Å². The molecule has 1 fully saturated rings. The summed E-state index contributed by atoms with van der Waals surface area (Å²) in [5, 5.41) is 9.78. The number of anilines is 1. The zero-order chi connectivity index (χ0) is 22.9. The molecule has 1 heterocycles. The van der Waals surface area contributed by atoms with Crippen molar-refractivity contribution in [3.63, 3.8) is 0 Å². The first kappa shape index (κ1) is 26.9. The standard InChI is InChI=1S/C25H35N5O2.HI/c1-18-14-22(12-13-30(18)17-20-8-6-5-7-9-20)29-25(26-3)27-16-21-10-11-24(32-4)23(15-21)28-19(2)31;/h5-11,15,18,22H,12-14,16-17H2,1-4H3,(H,28,31)(H2,26,27,29);1H. The van der Waals surface area contributed by atoms with Crippen LogP contribution in [-0.2, 0) is 17.9 Å². The summed E-state index contributed by atoms with van der Waals surface area (Å²) in [6.07, 6.45) is 2.15. The normalized spacial score (nSPS) is 18.7. The molecule has 0 radical (unpaired) electrons. The highest BCUT2D eigenvalue weighted by Crippen LogP contribution is 2.25. The number of aliphatic imine (C=N–C) groups is 1. The predicted octanol–water partition coefficient (Wildman–Crippen LogP) is 3.99. The Kier molecular flexibility index (Phi) is 10.9. The number of halogens is 1. The number of hydrogen-bond acceptors (Lipinski definition) is 4. The third kappa shape index (κ3) is 8.19. The summed E-state index contributed by atoms with van der Waals surface area (Å²) in [4.78, 5) is 18.4. The van der Waals surface area contributed by atoms with Crippen LogP contribution in [0.1, 0.15) is 37.8 Å². The molecule has 1 aliphatic heterocycles. The van der Waals surface area contributed by atoms with Crippen molar-refractivity contribution in [2.24, 2.45) is 4.99 Å². The van der Waals surface area contributed by atoms with E-state index in [4.69, 9.17) is 4.74 Å². The Bertz CT molecular complexity index is 922. The van der Waals surface area contributed by atoms with Gasteiger partial charge in [0.05, 0.1) is 12.8 Å². The number of nitrogens with one attached hydrogen (secondary N) is 3. The zero-order valence-electron chi connectivity index (χ0n) is 19.9. The molecular formula is C25H36IN5O2. The van der Waals surface area contributed by atoms with E-state index in [2.05, 4.69) is 63.1 Å². The second-order valence-electron chi connectivity index (χ2n) is 8.31. The minimum atomic E-state index is -0.126. The summed E-state index contributed by atoms with van der Waals surface area (Å²) in [7, 11) is 3.39. The van der Waals surface area contributed by atoms with Crippen molar-refractivity contribution < 1.29 is 9.53 Å². The van der Waals surface area contributed by atoms with E-state index in [1.165, 1.54) is 12.5 Å². The number of carbonyl (C=O) groups is 1. The van der Waals surface area contributed by atoms with Gasteiger partial charge in [-0.2, -0.15) is 0 Å². The van der Waals surface area contributed by atoms with Gasteiger partial charge < -0.3 is 20.7 Å². The molecule has 1 saturated heterocycles. The average molecular weight is 566 g/mol. The quantitative estimate of drug-likeness (QED) is 0.269. The first-order valence-electron chi connectivity index (χ1n) is 11.2. The first-order chi connectivity index (χ1) is 15.5. The number of carbonyl (C=O) groups excluding carboxylic acids is 1. The number of piperidine rings is 1. The van der Waals surface area contributed by atoms with Crippen LogP contribution < -0.4 is 20.7 Å². The van der Waals surface area contributed by atoms with Gasteiger partial charge in [-0.3, -0.25) is 14.7 Å². The van der Waals surface area contributed by atoms with Crippen LogP contribution in [-0.4, -0.2) is 49.6 Å². The minimum Gasteiger partial charge on any atom is -0.495 e. The lowest BCUT2D eigenvalue weighted by Crippen LogP contribution is -2.51. The van der Waals surface area contributed by atoms with E-state index in [0.717, 1.165) is 37.5 Å². The van der Waals surface area contributed by atoms with E-state index in [0.29, 0.717) is 30.1 Å². The second-order valence-corrected chi connectivity index (χ2v) is 8.31. The Labute approximate surface area is 214 Å². The van der Waals surface area contributed by atoms with Gasteiger partial charge in [-0.1, -0.05) is 36.4 Å². The molecule has 0 aliphatic carbocycles. The highest BCUT2D eigenvalue weighted by Gasteiger charge is 2.26. The number of benzene rings is 2. The summed E-state index contributed by atoms with van der Waals surface area (Å²) in [6.45, 7) is 6.44. The lowest BCUT2D eigenvalue weighted by Gasteiger charge is -2.38. The van der Waals surface area contributed by atoms with Crippen molar-refractivity contribution >= 4 is 41.5 Å².